The third-order valence-corrected chi connectivity index (χ3v) is 12.6. The van der Waals surface area contributed by atoms with Gasteiger partial charge in [0, 0.05) is 49.6 Å². The Labute approximate surface area is 383 Å². The van der Waals surface area contributed by atoms with E-state index in [4.69, 9.17) is 15.0 Å². The minimum atomic E-state index is -0.317. The molecular weight excluding hydrogens is 960 g/mol. The second kappa shape index (κ2) is 16.2. The zero-order valence-electron chi connectivity index (χ0n) is 36.7. The summed E-state index contributed by atoms with van der Waals surface area (Å²) in [5.74, 6) is 0.929. The smallest absolute Gasteiger partial charge is 0.148 e. The Balaban J connectivity index is 0.00000529. The summed E-state index contributed by atoms with van der Waals surface area (Å²) >= 11 is 1.68. The van der Waals surface area contributed by atoms with Crippen molar-refractivity contribution in [1.82, 2.24) is 19.5 Å². The molecule has 3 aromatic heterocycles. The summed E-state index contributed by atoms with van der Waals surface area (Å²) in [6.07, 6.45) is 1.88. The second-order valence-electron chi connectivity index (χ2n) is 19.1. The number of pyridine rings is 1. The third-order valence-electron chi connectivity index (χ3n) is 11.5. The molecule has 9 aromatic rings. The van der Waals surface area contributed by atoms with Crippen LogP contribution in [0.1, 0.15) is 79.0 Å². The number of imidazole rings is 1. The van der Waals surface area contributed by atoms with Gasteiger partial charge in [-0.05, 0) is 45.6 Å². The molecule has 0 spiro atoms. The summed E-state index contributed by atoms with van der Waals surface area (Å²) in [6, 6.07) is 50.4. The van der Waals surface area contributed by atoms with Gasteiger partial charge in [-0.2, -0.15) is 0 Å². The van der Waals surface area contributed by atoms with Gasteiger partial charge < -0.3 is 5.11 Å². The topological polar surface area (TPSA) is 63.8 Å². The van der Waals surface area contributed by atoms with Gasteiger partial charge in [-0.15, -0.1) is 40.7 Å². The van der Waals surface area contributed by atoms with Crippen LogP contribution in [0.3, 0.4) is 0 Å². The Bertz CT molecular complexity index is 3090. The maximum Gasteiger partial charge on any atom is 0.148 e. The van der Waals surface area contributed by atoms with Crippen LogP contribution >= 0.6 is 11.3 Å². The molecule has 0 aliphatic carbocycles. The number of benzene rings is 6. The minimum Gasteiger partial charge on any atom is -0.507 e. The van der Waals surface area contributed by atoms with Gasteiger partial charge in [0.1, 0.15) is 16.6 Å². The first-order valence-electron chi connectivity index (χ1n) is 21.0. The summed E-state index contributed by atoms with van der Waals surface area (Å²) in [4.78, 5) is 15.5. The molecule has 0 aliphatic heterocycles. The van der Waals surface area contributed by atoms with E-state index in [1.54, 1.807) is 11.3 Å². The van der Waals surface area contributed by atoms with E-state index in [0.29, 0.717) is 11.4 Å². The predicted octanol–water partition coefficient (Wildman–Crippen LogP) is 14.8. The van der Waals surface area contributed by atoms with E-state index in [1.165, 1.54) is 5.56 Å². The quantitative estimate of drug-likeness (QED) is 0.169. The van der Waals surface area contributed by atoms with Crippen molar-refractivity contribution in [1.29, 1.82) is 0 Å². The fourth-order valence-electron chi connectivity index (χ4n) is 8.05. The molecule has 314 valence electrons. The molecule has 0 atom stereocenters. The van der Waals surface area contributed by atoms with E-state index < -0.39 is 0 Å². The van der Waals surface area contributed by atoms with E-state index >= 15 is 0 Å². The molecule has 5 nitrogen and oxygen atoms in total. The number of thiazole rings is 1. The summed E-state index contributed by atoms with van der Waals surface area (Å²) in [7, 11) is 0. The molecule has 0 unspecified atom stereocenters. The second-order valence-corrected chi connectivity index (χ2v) is 20.1. The molecule has 0 saturated heterocycles. The van der Waals surface area contributed by atoms with Gasteiger partial charge in [0.2, 0.25) is 0 Å². The number of hydrogen-bond donors (Lipinski definition) is 1. The molecule has 9 rings (SSSR count). The first-order chi connectivity index (χ1) is 29.0. The first kappa shape index (κ1) is 43.0. The van der Waals surface area contributed by atoms with Crippen LogP contribution in [0.25, 0.3) is 82.4 Å². The van der Waals surface area contributed by atoms with Crippen molar-refractivity contribution in [3.63, 3.8) is 0 Å². The number of fused-ring (bicyclic) bond motifs is 2. The average molecular weight is 1010 g/mol. The number of phenolic OH excluding ortho intramolecular Hbond substituents is 1. The van der Waals surface area contributed by atoms with Crippen molar-refractivity contribution in [2.45, 2.75) is 78.6 Å². The van der Waals surface area contributed by atoms with Gasteiger partial charge in [0.25, 0.3) is 0 Å². The maximum absolute atomic E-state index is 12.4. The van der Waals surface area contributed by atoms with E-state index in [0.717, 1.165) is 82.1 Å². The summed E-state index contributed by atoms with van der Waals surface area (Å²) in [5.41, 5.74) is 13.8. The number of aromatic hydroxyl groups is 1. The Hall–Kier alpha value is -5.68. The molecule has 0 amide bonds. The van der Waals surface area contributed by atoms with Crippen molar-refractivity contribution < 1.29 is 26.2 Å². The molecule has 62 heavy (non-hydrogen) atoms. The number of phenols is 1. The van der Waals surface area contributed by atoms with Crippen LogP contribution < -0.4 is 0 Å². The van der Waals surface area contributed by atoms with Crippen LogP contribution in [0.2, 0.25) is 0 Å². The molecule has 3 heterocycles. The number of nitrogens with zero attached hydrogens (tertiary/aromatic N) is 4. The molecule has 0 aliphatic rings. The molecule has 1 N–H and O–H groups in total. The van der Waals surface area contributed by atoms with Crippen LogP contribution in [0.5, 0.6) is 5.75 Å². The Morgan fingerprint density at radius 1 is 0.581 bits per heavy atom. The van der Waals surface area contributed by atoms with Gasteiger partial charge in [0.15, 0.2) is 0 Å². The zero-order chi connectivity index (χ0) is 42.8. The van der Waals surface area contributed by atoms with Crippen molar-refractivity contribution in [3.8, 4) is 66.9 Å². The molecule has 0 radical (unpaired) electrons. The van der Waals surface area contributed by atoms with Crippen LogP contribution in [0.4, 0.5) is 0 Å². The summed E-state index contributed by atoms with van der Waals surface area (Å²) in [5, 5.41) is 13.4. The zero-order valence-corrected chi connectivity index (χ0v) is 39.8. The van der Waals surface area contributed by atoms with E-state index in [1.807, 2.05) is 30.5 Å². The minimum absolute atomic E-state index is 0. The van der Waals surface area contributed by atoms with E-state index in [9.17, 15) is 5.11 Å². The van der Waals surface area contributed by atoms with Gasteiger partial charge in [-0.1, -0.05) is 177 Å². The Morgan fingerprint density at radius 2 is 1.19 bits per heavy atom. The molecule has 0 bridgehead atoms. The number of hydrogen-bond acceptors (Lipinski definition) is 5. The van der Waals surface area contributed by atoms with E-state index in [-0.39, 0.29) is 43.1 Å². The van der Waals surface area contributed by atoms with Crippen LogP contribution in [0, 0.1) is 6.07 Å². The fraction of sp³-hybridized carbons (Fsp3) is 0.218. The van der Waals surface area contributed by atoms with Crippen LogP contribution in [0.15, 0.2) is 140 Å². The number of aromatic nitrogens is 4. The standard InChI is InChI=1S/C55H51N4OS.Pt/c1-53(2,3)38-28-36(27-37(29-38)44-32-48-45(33-56-44)57-52(61-48)35-21-14-11-15-22-35)41-24-18-26-47-49(41)58-51(42-30-39(54(4,5)6)31-43(50(42)60)55(7,8)9)59(47)46-25-17-16-23-40(46)34-19-12-10-13-20-34;/h10-26,28-33,60H,1-9H3;/q-1;. The fourth-order valence-corrected chi connectivity index (χ4v) is 9.03. The SMILES string of the molecule is CC(C)(C)c1cc(-c2cc3sc(-c4ccccc4)nc3cn2)[c-]c(-c2cccc3c2nc(-c2cc(C(C)(C)C)cc(C(C)(C)C)c2O)n3-c2ccccc2-c2ccccc2)c1.[Pt]. The van der Waals surface area contributed by atoms with Crippen molar-refractivity contribution >= 4 is 32.6 Å². The van der Waals surface area contributed by atoms with E-state index in [2.05, 4.69) is 182 Å². The molecule has 0 fully saturated rings. The monoisotopic (exact) mass is 1010 g/mol. The Kier molecular flexibility index (Phi) is 11.2. The van der Waals surface area contributed by atoms with Crippen molar-refractivity contribution in [2.75, 3.05) is 0 Å². The maximum atomic E-state index is 12.4. The van der Waals surface area contributed by atoms with Crippen LogP contribution in [-0.4, -0.2) is 24.6 Å². The molecule has 6 aromatic carbocycles. The van der Waals surface area contributed by atoms with Gasteiger partial charge in [-0.25, -0.2) is 9.97 Å². The van der Waals surface area contributed by atoms with Gasteiger partial charge in [0.05, 0.1) is 32.5 Å². The predicted molar refractivity (Wildman–Crippen MR) is 256 cm³/mol. The third kappa shape index (κ3) is 8.07. The molecule has 0 saturated carbocycles. The summed E-state index contributed by atoms with van der Waals surface area (Å²) < 4.78 is 3.32. The molecular formula is C55H51N4OPtS-. The Morgan fingerprint density at radius 3 is 1.87 bits per heavy atom. The van der Waals surface area contributed by atoms with Gasteiger partial charge >= 0.3 is 0 Å². The van der Waals surface area contributed by atoms with Crippen LogP contribution in [-0.2, 0) is 37.3 Å². The number of para-hydroxylation sites is 2. The van der Waals surface area contributed by atoms with Crippen molar-refractivity contribution in [3.05, 3.63) is 162 Å². The number of rotatable bonds is 6. The summed E-state index contributed by atoms with van der Waals surface area (Å²) in [6.45, 7) is 19.9. The largest absolute Gasteiger partial charge is 0.507 e. The normalized spacial score (nSPS) is 12.2. The molecule has 7 heteroatoms. The average Bonchev–Trinajstić information content (AvgIpc) is 3.85. The van der Waals surface area contributed by atoms with Gasteiger partial charge in [-0.3, -0.25) is 9.55 Å². The first-order valence-corrected chi connectivity index (χ1v) is 21.8. The van der Waals surface area contributed by atoms with Crippen molar-refractivity contribution in [2.24, 2.45) is 0 Å².